The van der Waals surface area contributed by atoms with Gasteiger partial charge in [-0.2, -0.15) is 4.98 Å². The molecule has 0 radical (unpaired) electrons. The highest BCUT2D eigenvalue weighted by Crippen LogP contribution is 2.32. The van der Waals surface area contributed by atoms with Crippen LogP contribution in [0.2, 0.25) is 0 Å². The van der Waals surface area contributed by atoms with Gasteiger partial charge in [-0.25, -0.2) is 4.98 Å². The summed E-state index contributed by atoms with van der Waals surface area (Å²) in [4.78, 5) is 25.3. The number of nitrogens with zero attached hydrogens (tertiary/aromatic N) is 5. The number of nitrogens with two attached hydrogens (primary N) is 1. The Bertz CT molecular complexity index is 711. The van der Waals surface area contributed by atoms with Crippen molar-refractivity contribution in [2.24, 2.45) is 0 Å². The molecule has 122 valence electrons. The van der Waals surface area contributed by atoms with Gasteiger partial charge in [-0.1, -0.05) is 16.9 Å². The van der Waals surface area contributed by atoms with E-state index in [1.54, 1.807) is 6.20 Å². The Labute approximate surface area is 138 Å². The molecule has 1 saturated heterocycles. The minimum atomic E-state index is -0.109. The van der Waals surface area contributed by atoms with Gasteiger partial charge in [0.05, 0.1) is 10.5 Å². The maximum Gasteiger partial charge on any atom is 0.227 e. The molecule has 0 spiro atoms. The molecule has 0 aliphatic carbocycles. The van der Waals surface area contributed by atoms with E-state index < -0.39 is 0 Å². The van der Waals surface area contributed by atoms with Crippen molar-refractivity contribution in [2.75, 3.05) is 43.9 Å². The number of nitrogen functional groups attached to an aromatic ring is 1. The van der Waals surface area contributed by atoms with Crippen LogP contribution in [0.3, 0.4) is 0 Å². The molecule has 0 aromatic carbocycles. The molecular weight excluding hydrogens is 316 g/mol. The lowest BCUT2D eigenvalue weighted by molar-refractivity contribution is 0.101. The molecule has 1 aliphatic rings. The van der Waals surface area contributed by atoms with Crippen molar-refractivity contribution in [1.29, 1.82) is 0 Å². The molecule has 0 atom stereocenters. The highest BCUT2D eigenvalue weighted by molar-refractivity contribution is 7.99. The van der Waals surface area contributed by atoms with Crippen LogP contribution in [0.5, 0.6) is 0 Å². The lowest BCUT2D eigenvalue weighted by atomic mass is 10.3. The van der Waals surface area contributed by atoms with Crippen molar-refractivity contribution in [2.45, 2.75) is 16.8 Å². The molecule has 1 aliphatic heterocycles. The number of likely N-dealkylation sites (N-methyl/N-ethyl adjacent to an activating group) is 1. The first-order valence-corrected chi connectivity index (χ1v) is 8.05. The molecule has 0 saturated carbocycles. The summed E-state index contributed by atoms with van der Waals surface area (Å²) in [5, 5.41) is 4.31. The molecule has 23 heavy (non-hydrogen) atoms. The fourth-order valence-corrected chi connectivity index (χ4v) is 3.10. The van der Waals surface area contributed by atoms with Crippen LogP contribution in [0.1, 0.15) is 17.3 Å². The van der Waals surface area contributed by atoms with Gasteiger partial charge >= 0.3 is 0 Å². The van der Waals surface area contributed by atoms with E-state index in [1.165, 1.54) is 24.9 Å². The molecule has 0 bridgehead atoms. The molecule has 2 aromatic rings. The highest BCUT2D eigenvalue weighted by atomic mass is 32.2. The van der Waals surface area contributed by atoms with Crippen LogP contribution in [0.25, 0.3) is 0 Å². The van der Waals surface area contributed by atoms with Crippen molar-refractivity contribution in [3.63, 3.8) is 0 Å². The number of piperazine rings is 1. The summed E-state index contributed by atoms with van der Waals surface area (Å²) in [5.41, 5.74) is 6.47. The van der Waals surface area contributed by atoms with Crippen LogP contribution in [0.15, 0.2) is 26.9 Å². The maximum atomic E-state index is 11.5. The highest BCUT2D eigenvalue weighted by Gasteiger charge is 2.19. The summed E-state index contributed by atoms with van der Waals surface area (Å²) in [6.07, 6.45) is 3.00. The number of aromatic nitrogens is 3. The molecule has 3 heterocycles. The molecule has 2 N–H and O–H groups in total. The average Bonchev–Trinajstić information content (AvgIpc) is 2.98. The number of ketones is 1. The second-order valence-corrected chi connectivity index (χ2v) is 6.43. The zero-order valence-corrected chi connectivity index (χ0v) is 13.8. The van der Waals surface area contributed by atoms with Gasteiger partial charge in [-0.15, -0.1) is 0 Å². The first-order chi connectivity index (χ1) is 11.0. The predicted octanol–water partition coefficient (Wildman–Crippen LogP) is 1.15. The molecule has 1 fully saturated rings. The van der Waals surface area contributed by atoms with E-state index in [1.807, 2.05) is 0 Å². The fourth-order valence-electron chi connectivity index (χ4n) is 2.25. The van der Waals surface area contributed by atoms with Crippen LogP contribution >= 0.6 is 11.8 Å². The first-order valence-electron chi connectivity index (χ1n) is 7.24. The first kappa shape index (κ1) is 15.8. The lowest BCUT2D eigenvalue weighted by Gasteiger charge is -2.32. The molecule has 8 nitrogen and oxygen atoms in total. The number of carbonyl (C=O) groups is 1. The zero-order chi connectivity index (χ0) is 16.4. The second-order valence-electron chi connectivity index (χ2n) is 5.40. The van der Waals surface area contributed by atoms with Gasteiger partial charge in [0.2, 0.25) is 5.95 Å². The second kappa shape index (κ2) is 6.55. The van der Waals surface area contributed by atoms with E-state index in [0.717, 1.165) is 26.2 Å². The molecule has 2 aromatic heterocycles. The third-order valence-electron chi connectivity index (χ3n) is 3.68. The third-order valence-corrected chi connectivity index (χ3v) is 4.70. The average molecular weight is 334 g/mol. The van der Waals surface area contributed by atoms with E-state index in [2.05, 4.69) is 32.0 Å². The minimum absolute atomic E-state index is 0.109. The van der Waals surface area contributed by atoms with E-state index in [-0.39, 0.29) is 5.78 Å². The smallest absolute Gasteiger partial charge is 0.227 e. The van der Waals surface area contributed by atoms with E-state index in [0.29, 0.717) is 27.3 Å². The number of hydrogen-bond acceptors (Lipinski definition) is 9. The number of hydrogen-bond donors (Lipinski definition) is 1. The molecule has 9 heteroatoms. The van der Waals surface area contributed by atoms with Crippen molar-refractivity contribution < 1.29 is 9.32 Å². The zero-order valence-electron chi connectivity index (χ0n) is 13.0. The summed E-state index contributed by atoms with van der Waals surface area (Å²) in [6, 6.07) is 0. The van der Waals surface area contributed by atoms with Crippen molar-refractivity contribution >= 4 is 29.3 Å². The Morgan fingerprint density at radius 3 is 2.74 bits per heavy atom. The SMILES string of the molecule is CC(=O)c1conc1Sc1cnc(N2CCN(C)CC2)nc1N. The van der Waals surface area contributed by atoms with Gasteiger partial charge in [-0.05, 0) is 14.0 Å². The molecular formula is C14H18N6O2S. The quantitative estimate of drug-likeness (QED) is 0.825. The molecule has 3 rings (SSSR count). The van der Waals surface area contributed by atoms with Crippen LogP contribution < -0.4 is 10.6 Å². The third kappa shape index (κ3) is 3.45. The summed E-state index contributed by atoms with van der Waals surface area (Å²) in [7, 11) is 2.09. The molecule has 0 amide bonds. The predicted molar refractivity (Wildman–Crippen MR) is 86.8 cm³/mol. The fraction of sp³-hybridized carbons (Fsp3) is 0.429. The largest absolute Gasteiger partial charge is 0.383 e. The topological polar surface area (TPSA) is 101 Å². The van der Waals surface area contributed by atoms with Crippen molar-refractivity contribution in [1.82, 2.24) is 20.0 Å². The standard InChI is InChI=1S/C14H18N6O2S/c1-9(21)10-8-22-18-13(10)23-11-7-16-14(17-12(11)15)20-5-3-19(2)4-6-20/h7-8H,3-6H2,1-2H3,(H2,15,16,17). The van der Waals surface area contributed by atoms with Crippen LogP contribution in [0.4, 0.5) is 11.8 Å². The maximum absolute atomic E-state index is 11.5. The summed E-state index contributed by atoms with van der Waals surface area (Å²) < 4.78 is 4.86. The van der Waals surface area contributed by atoms with E-state index >= 15 is 0 Å². The Hall–Kier alpha value is -2.13. The summed E-state index contributed by atoms with van der Waals surface area (Å²) in [5.74, 6) is 0.894. The number of carbonyl (C=O) groups excluding carboxylic acids is 1. The number of anilines is 2. The number of rotatable bonds is 4. The Morgan fingerprint density at radius 1 is 1.35 bits per heavy atom. The summed E-state index contributed by atoms with van der Waals surface area (Å²) >= 11 is 1.23. The van der Waals surface area contributed by atoms with Gasteiger partial charge in [-0.3, -0.25) is 4.79 Å². The number of Topliss-reactive ketones (excluding diaryl/α,β-unsaturated/α-hetero) is 1. The van der Waals surface area contributed by atoms with Gasteiger partial charge in [0.1, 0.15) is 12.1 Å². The van der Waals surface area contributed by atoms with Gasteiger partial charge < -0.3 is 20.1 Å². The molecule has 0 unspecified atom stereocenters. The normalized spacial score (nSPS) is 15.8. The summed E-state index contributed by atoms with van der Waals surface area (Å²) in [6.45, 7) is 5.16. The van der Waals surface area contributed by atoms with Gasteiger partial charge in [0.25, 0.3) is 0 Å². The van der Waals surface area contributed by atoms with Crippen LogP contribution in [-0.4, -0.2) is 59.0 Å². The van der Waals surface area contributed by atoms with Crippen molar-refractivity contribution in [3.05, 3.63) is 18.0 Å². The lowest BCUT2D eigenvalue weighted by Crippen LogP contribution is -2.45. The monoisotopic (exact) mass is 334 g/mol. The van der Waals surface area contributed by atoms with E-state index in [9.17, 15) is 4.79 Å². The van der Waals surface area contributed by atoms with Crippen LogP contribution in [-0.2, 0) is 0 Å². The van der Waals surface area contributed by atoms with Crippen molar-refractivity contribution in [3.8, 4) is 0 Å². The Kier molecular flexibility index (Phi) is 4.49. The van der Waals surface area contributed by atoms with Crippen LogP contribution in [0, 0.1) is 0 Å². The van der Waals surface area contributed by atoms with Gasteiger partial charge in [0.15, 0.2) is 10.8 Å². The van der Waals surface area contributed by atoms with E-state index in [4.69, 9.17) is 10.3 Å². The Morgan fingerprint density at radius 2 is 2.09 bits per heavy atom. The minimum Gasteiger partial charge on any atom is -0.383 e. The van der Waals surface area contributed by atoms with Gasteiger partial charge in [0, 0.05) is 32.4 Å². The Balaban J connectivity index is 1.77.